The van der Waals surface area contributed by atoms with Crippen LogP contribution >= 0.6 is 0 Å². The van der Waals surface area contributed by atoms with Gasteiger partial charge in [0.15, 0.2) is 0 Å². The molecule has 0 saturated carbocycles. The summed E-state index contributed by atoms with van der Waals surface area (Å²) >= 11 is 0. The van der Waals surface area contributed by atoms with Gasteiger partial charge >= 0.3 is 6.09 Å². The number of hydrogen-bond acceptors (Lipinski definition) is 2. The van der Waals surface area contributed by atoms with Crippen LogP contribution in [-0.2, 0) is 11.3 Å². The second-order valence-corrected chi connectivity index (χ2v) is 3.98. The molecule has 1 fully saturated rings. The summed E-state index contributed by atoms with van der Waals surface area (Å²) in [5, 5.41) is 10.8. The van der Waals surface area contributed by atoms with Gasteiger partial charge in [-0.25, -0.2) is 4.79 Å². The van der Waals surface area contributed by atoms with Crippen molar-refractivity contribution in [3.8, 4) is 0 Å². The van der Waals surface area contributed by atoms with Crippen LogP contribution < -0.4 is 10.2 Å². The monoisotopic (exact) mass is 234 g/mol. The van der Waals surface area contributed by atoms with Gasteiger partial charge in [0.05, 0.1) is 0 Å². The number of nitrogens with zero attached hydrogens (tertiary/aromatic N) is 1. The third kappa shape index (κ3) is 2.75. The lowest BCUT2D eigenvalue weighted by Gasteiger charge is -2.16. The van der Waals surface area contributed by atoms with E-state index in [4.69, 9.17) is 5.11 Å². The second-order valence-electron chi connectivity index (χ2n) is 3.98. The topological polar surface area (TPSA) is 69.6 Å². The summed E-state index contributed by atoms with van der Waals surface area (Å²) in [6.45, 7) is 1.000. The fourth-order valence-electron chi connectivity index (χ4n) is 1.93. The predicted octanol–water partition coefficient (Wildman–Crippen LogP) is 1.58. The van der Waals surface area contributed by atoms with Crippen LogP contribution in [0.4, 0.5) is 10.5 Å². The molecule has 0 radical (unpaired) electrons. The number of carboxylic acid groups (broad SMARTS) is 1. The van der Waals surface area contributed by atoms with Crippen molar-refractivity contribution in [2.45, 2.75) is 19.4 Å². The molecule has 17 heavy (non-hydrogen) atoms. The summed E-state index contributed by atoms with van der Waals surface area (Å²) in [7, 11) is 0. The van der Waals surface area contributed by atoms with E-state index in [2.05, 4.69) is 5.32 Å². The maximum absolute atomic E-state index is 11.6. The Morgan fingerprint density at radius 3 is 2.94 bits per heavy atom. The SMILES string of the molecule is O=C(O)NCc1cccc(N2CCCC2=O)c1. The zero-order valence-electron chi connectivity index (χ0n) is 9.35. The predicted molar refractivity (Wildman–Crippen MR) is 62.9 cm³/mol. The summed E-state index contributed by atoms with van der Waals surface area (Å²) in [6.07, 6.45) is 0.432. The van der Waals surface area contributed by atoms with Crippen LogP contribution in [0.1, 0.15) is 18.4 Å². The molecule has 1 saturated heterocycles. The molecule has 5 heteroatoms. The number of rotatable bonds is 3. The highest BCUT2D eigenvalue weighted by Crippen LogP contribution is 2.22. The minimum Gasteiger partial charge on any atom is -0.465 e. The summed E-state index contributed by atoms with van der Waals surface area (Å²) in [5.41, 5.74) is 1.70. The van der Waals surface area contributed by atoms with Gasteiger partial charge in [-0.1, -0.05) is 12.1 Å². The smallest absolute Gasteiger partial charge is 0.404 e. The summed E-state index contributed by atoms with van der Waals surface area (Å²) in [6, 6.07) is 7.38. The van der Waals surface area contributed by atoms with E-state index in [1.807, 2.05) is 24.3 Å². The van der Waals surface area contributed by atoms with Gasteiger partial charge in [0.25, 0.3) is 0 Å². The van der Waals surface area contributed by atoms with Crippen LogP contribution in [0, 0.1) is 0 Å². The van der Waals surface area contributed by atoms with E-state index in [-0.39, 0.29) is 12.5 Å². The molecule has 0 bridgehead atoms. The van der Waals surface area contributed by atoms with Crippen molar-refractivity contribution in [2.24, 2.45) is 0 Å². The minimum absolute atomic E-state index is 0.133. The molecule has 2 N–H and O–H groups in total. The first-order chi connectivity index (χ1) is 8.16. The van der Waals surface area contributed by atoms with Crippen LogP contribution in [-0.4, -0.2) is 23.7 Å². The number of hydrogen-bond donors (Lipinski definition) is 2. The third-order valence-corrected chi connectivity index (χ3v) is 2.74. The zero-order chi connectivity index (χ0) is 12.3. The van der Waals surface area contributed by atoms with Crippen molar-refractivity contribution in [1.29, 1.82) is 0 Å². The maximum Gasteiger partial charge on any atom is 0.404 e. The standard InChI is InChI=1S/C12H14N2O3/c15-11-5-2-6-14(11)10-4-1-3-9(7-10)8-13-12(16)17/h1,3-4,7,13H,2,5-6,8H2,(H,16,17). The minimum atomic E-state index is -1.05. The molecule has 1 aliphatic rings. The second kappa shape index (κ2) is 4.86. The van der Waals surface area contributed by atoms with Gasteiger partial charge in [0, 0.05) is 25.2 Å². The molecule has 1 aliphatic heterocycles. The molecule has 2 amide bonds. The zero-order valence-corrected chi connectivity index (χ0v) is 9.35. The van der Waals surface area contributed by atoms with E-state index >= 15 is 0 Å². The van der Waals surface area contributed by atoms with Gasteiger partial charge < -0.3 is 15.3 Å². The molecule has 0 atom stereocenters. The highest BCUT2D eigenvalue weighted by atomic mass is 16.4. The Labute approximate surface area is 99.0 Å². The van der Waals surface area contributed by atoms with Gasteiger partial charge in [0.1, 0.15) is 0 Å². The van der Waals surface area contributed by atoms with Crippen LogP contribution in [0.5, 0.6) is 0 Å². The fraction of sp³-hybridized carbons (Fsp3) is 0.333. The molecule has 0 aromatic heterocycles. The molecule has 1 aromatic rings. The van der Waals surface area contributed by atoms with E-state index in [9.17, 15) is 9.59 Å². The number of carbonyl (C=O) groups is 2. The highest BCUT2D eigenvalue weighted by molar-refractivity contribution is 5.95. The van der Waals surface area contributed by atoms with Crippen molar-refractivity contribution >= 4 is 17.7 Å². The first-order valence-corrected chi connectivity index (χ1v) is 5.53. The lowest BCUT2D eigenvalue weighted by Crippen LogP contribution is -2.24. The Bertz CT molecular complexity index is 445. The van der Waals surface area contributed by atoms with Gasteiger partial charge in [0.2, 0.25) is 5.91 Å². The van der Waals surface area contributed by atoms with Crippen molar-refractivity contribution < 1.29 is 14.7 Å². The number of carbonyl (C=O) groups excluding carboxylic acids is 1. The largest absolute Gasteiger partial charge is 0.465 e. The van der Waals surface area contributed by atoms with Gasteiger partial charge in [-0.15, -0.1) is 0 Å². The molecule has 0 unspecified atom stereocenters. The Hall–Kier alpha value is -2.04. The van der Waals surface area contributed by atoms with Crippen molar-refractivity contribution in [3.05, 3.63) is 29.8 Å². The molecule has 0 aliphatic carbocycles. The Balaban J connectivity index is 2.10. The first-order valence-electron chi connectivity index (χ1n) is 5.53. The normalized spacial score (nSPS) is 15.1. The van der Waals surface area contributed by atoms with E-state index in [0.29, 0.717) is 6.42 Å². The van der Waals surface area contributed by atoms with Crippen molar-refractivity contribution in [3.63, 3.8) is 0 Å². The Kier molecular flexibility index (Phi) is 3.27. The van der Waals surface area contributed by atoms with E-state index < -0.39 is 6.09 Å². The van der Waals surface area contributed by atoms with Crippen LogP contribution in [0.25, 0.3) is 0 Å². The average Bonchev–Trinajstić information content (AvgIpc) is 2.73. The molecular weight excluding hydrogens is 220 g/mol. The quantitative estimate of drug-likeness (QED) is 0.834. The number of amides is 2. The Morgan fingerprint density at radius 2 is 2.29 bits per heavy atom. The van der Waals surface area contributed by atoms with Gasteiger partial charge in [-0.2, -0.15) is 0 Å². The molecule has 5 nitrogen and oxygen atoms in total. The van der Waals surface area contributed by atoms with Gasteiger partial charge in [-0.3, -0.25) is 4.79 Å². The number of nitrogens with one attached hydrogen (secondary N) is 1. The van der Waals surface area contributed by atoms with E-state index in [1.165, 1.54) is 0 Å². The van der Waals surface area contributed by atoms with Gasteiger partial charge in [-0.05, 0) is 24.1 Å². The van der Waals surface area contributed by atoms with Crippen LogP contribution in [0.2, 0.25) is 0 Å². The summed E-state index contributed by atoms with van der Waals surface area (Å²) in [4.78, 5) is 23.7. The first kappa shape index (κ1) is 11.4. The summed E-state index contributed by atoms with van der Waals surface area (Å²) < 4.78 is 0. The lowest BCUT2D eigenvalue weighted by molar-refractivity contribution is -0.117. The molecular formula is C12H14N2O3. The highest BCUT2D eigenvalue weighted by Gasteiger charge is 2.21. The lowest BCUT2D eigenvalue weighted by atomic mass is 10.2. The number of benzene rings is 1. The van der Waals surface area contributed by atoms with Crippen LogP contribution in [0.3, 0.4) is 0 Å². The molecule has 1 aromatic carbocycles. The molecule has 2 rings (SSSR count). The summed E-state index contributed by atoms with van der Waals surface area (Å²) in [5.74, 6) is 0.133. The van der Waals surface area contributed by atoms with Crippen molar-refractivity contribution in [1.82, 2.24) is 5.32 Å². The third-order valence-electron chi connectivity index (χ3n) is 2.74. The number of anilines is 1. The Morgan fingerprint density at radius 1 is 1.47 bits per heavy atom. The fourth-order valence-corrected chi connectivity index (χ4v) is 1.93. The van der Waals surface area contributed by atoms with Crippen molar-refractivity contribution in [2.75, 3.05) is 11.4 Å². The maximum atomic E-state index is 11.6. The molecule has 90 valence electrons. The van der Waals surface area contributed by atoms with Crippen LogP contribution in [0.15, 0.2) is 24.3 Å². The average molecular weight is 234 g/mol. The van der Waals surface area contributed by atoms with E-state index in [1.54, 1.807) is 4.90 Å². The molecule has 0 spiro atoms. The van der Waals surface area contributed by atoms with E-state index in [0.717, 1.165) is 24.2 Å². The molecule has 1 heterocycles.